The molecule has 2 fully saturated rings. The topological polar surface area (TPSA) is 109 Å². The molecule has 0 amide bonds. The van der Waals surface area contributed by atoms with Crippen LogP contribution in [0.3, 0.4) is 0 Å². The van der Waals surface area contributed by atoms with E-state index in [4.69, 9.17) is 14.2 Å². The first kappa shape index (κ1) is 21.3. The minimum atomic E-state index is -1.03. The Bertz CT molecular complexity index is 530. The van der Waals surface area contributed by atoms with Crippen LogP contribution in [0.25, 0.3) is 0 Å². The summed E-state index contributed by atoms with van der Waals surface area (Å²) in [4.78, 5) is 11.6. The fraction of sp³-hybridized carbons (Fsp3) is 0.842. The van der Waals surface area contributed by atoms with Crippen LogP contribution in [-0.2, 0) is 19.0 Å². The van der Waals surface area contributed by atoms with E-state index < -0.39 is 30.4 Å². The number of epoxide rings is 1. The van der Waals surface area contributed by atoms with E-state index in [9.17, 15) is 20.1 Å². The van der Waals surface area contributed by atoms with E-state index in [0.717, 1.165) is 5.57 Å². The highest BCUT2D eigenvalue weighted by molar-refractivity contribution is 5.88. The van der Waals surface area contributed by atoms with Gasteiger partial charge < -0.3 is 29.5 Å². The third-order valence-corrected chi connectivity index (χ3v) is 5.81. The molecule has 7 heteroatoms. The molecule has 0 unspecified atom stereocenters. The predicted octanol–water partition coefficient (Wildman–Crippen LogP) is 0.797. The molecule has 0 aromatic carbocycles. The highest BCUT2D eigenvalue weighted by atomic mass is 16.6. The Hall–Kier alpha value is -0.990. The fourth-order valence-corrected chi connectivity index (χ4v) is 3.49. The number of esters is 1. The van der Waals surface area contributed by atoms with E-state index in [1.807, 2.05) is 6.92 Å². The van der Waals surface area contributed by atoms with Gasteiger partial charge in [0.25, 0.3) is 0 Å². The van der Waals surface area contributed by atoms with Gasteiger partial charge in [-0.15, -0.1) is 0 Å². The highest BCUT2D eigenvalue weighted by Crippen LogP contribution is 2.38. The van der Waals surface area contributed by atoms with E-state index in [1.165, 1.54) is 7.11 Å². The van der Waals surface area contributed by atoms with Gasteiger partial charge in [0.15, 0.2) is 0 Å². The molecule has 2 saturated heterocycles. The maximum atomic E-state index is 11.6. The summed E-state index contributed by atoms with van der Waals surface area (Å²) in [7, 11) is 1.32. The van der Waals surface area contributed by atoms with Crippen LogP contribution in [0.4, 0.5) is 0 Å². The van der Waals surface area contributed by atoms with Gasteiger partial charge in [-0.05, 0) is 33.6 Å². The SMILES string of the molecule is COC(=O)/C(C)=C(\C)C[C@@H]1OC[C@H](C[C@@H]2O[C@H]2[C@@H](C)[C@H](C)O)[C@@H](O)[C@H]1O. The Morgan fingerprint density at radius 1 is 1.19 bits per heavy atom. The van der Waals surface area contributed by atoms with Crippen LogP contribution in [0.1, 0.15) is 40.5 Å². The van der Waals surface area contributed by atoms with Crippen LogP contribution in [0, 0.1) is 11.8 Å². The Morgan fingerprint density at radius 2 is 1.85 bits per heavy atom. The lowest BCUT2D eigenvalue weighted by Crippen LogP contribution is -2.50. The first-order valence-electron chi connectivity index (χ1n) is 9.23. The molecule has 0 spiro atoms. The van der Waals surface area contributed by atoms with Crippen LogP contribution >= 0.6 is 0 Å². The van der Waals surface area contributed by atoms with Gasteiger partial charge in [0, 0.05) is 17.4 Å². The summed E-state index contributed by atoms with van der Waals surface area (Å²) in [5, 5.41) is 30.6. The Morgan fingerprint density at radius 3 is 2.42 bits per heavy atom. The molecule has 0 saturated carbocycles. The van der Waals surface area contributed by atoms with Gasteiger partial charge in [-0.25, -0.2) is 4.79 Å². The van der Waals surface area contributed by atoms with Gasteiger partial charge in [0.2, 0.25) is 0 Å². The van der Waals surface area contributed by atoms with Gasteiger partial charge in [-0.2, -0.15) is 0 Å². The third kappa shape index (κ3) is 4.84. The van der Waals surface area contributed by atoms with Crippen molar-refractivity contribution >= 4 is 5.97 Å². The number of carbonyl (C=O) groups excluding carboxylic acids is 1. The quantitative estimate of drug-likeness (QED) is 0.344. The number of rotatable bonds is 7. The predicted molar refractivity (Wildman–Crippen MR) is 94.4 cm³/mol. The second-order valence-electron chi connectivity index (χ2n) is 7.69. The summed E-state index contributed by atoms with van der Waals surface area (Å²) >= 11 is 0. The maximum absolute atomic E-state index is 11.6. The fourth-order valence-electron chi connectivity index (χ4n) is 3.49. The van der Waals surface area contributed by atoms with E-state index in [2.05, 4.69) is 0 Å². The Kier molecular flexibility index (Phi) is 7.21. The summed E-state index contributed by atoms with van der Waals surface area (Å²) < 4.78 is 16.1. The number of carbonyl (C=O) groups is 1. The van der Waals surface area contributed by atoms with E-state index in [1.54, 1.807) is 20.8 Å². The molecule has 2 rings (SSSR count). The largest absolute Gasteiger partial charge is 0.466 e. The van der Waals surface area contributed by atoms with Gasteiger partial charge in [-0.1, -0.05) is 12.5 Å². The third-order valence-electron chi connectivity index (χ3n) is 5.81. The van der Waals surface area contributed by atoms with Crippen molar-refractivity contribution in [3.8, 4) is 0 Å². The monoisotopic (exact) mass is 372 g/mol. The Balaban J connectivity index is 1.89. The van der Waals surface area contributed by atoms with Crippen molar-refractivity contribution < 1.29 is 34.3 Å². The standard InChI is InChI=1S/C19H32O7/c1-9(10(2)19(23)24-5)6-14-17(22)16(21)13(8-25-14)7-15-18(26-15)11(3)12(4)20/h11-18,20-22H,6-8H2,1-5H3/b10-9+/t11-,12-,13-,14-,15-,16+,17-,18-/m0/s1. The number of aliphatic hydroxyl groups excluding tert-OH is 3. The second kappa shape index (κ2) is 8.80. The van der Waals surface area contributed by atoms with Gasteiger partial charge >= 0.3 is 5.97 Å². The first-order valence-corrected chi connectivity index (χ1v) is 9.23. The molecule has 2 heterocycles. The van der Waals surface area contributed by atoms with Crippen LogP contribution in [-0.4, -0.2) is 71.6 Å². The van der Waals surface area contributed by atoms with E-state index >= 15 is 0 Å². The molecule has 8 atom stereocenters. The molecule has 2 aliphatic rings. The van der Waals surface area contributed by atoms with E-state index in [-0.39, 0.29) is 24.0 Å². The molecule has 26 heavy (non-hydrogen) atoms. The minimum Gasteiger partial charge on any atom is -0.466 e. The van der Waals surface area contributed by atoms with Crippen molar-refractivity contribution in [3.05, 3.63) is 11.1 Å². The second-order valence-corrected chi connectivity index (χ2v) is 7.69. The molecule has 2 aliphatic heterocycles. The van der Waals surface area contributed by atoms with Gasteiger partial charge in [-0.3, -0.25) is 0 Å². The van der Waals surface area contributed by atoms with Crippen LogP contribution in [0.2, 0.25) is 0 Å². The van der Waals surface area contributed by atoms with Gasteiger partial charge in [0.1, 0.15) is 6.10 Å². The van der Waals surface area contributed by atoms with Crippen molar-refractivity contribution in [1.29, 1.82) is 0 Å². The maximum Gasteiger partial charge on any atom is 0.333 e. The molecule has 0 aliphatic carbocycles. The van der Waals surface area contributed by atoms with Crippen LogP contribution in [0.15, 0.2) is 11.1 Å². The number of hydrogen-bond donors (Lipinski definition) is 3. The average molecular weight is 372 g/mol. The zero-order valence-corrected chi connectivity index (χ0v) is 16.2. The summed E-state index contributed by atoms with van der Waals surface area (Å²) in [5.74, 6) is -0.591. The lowest BCUT2D eigenvalue weighted by Gasteiger charge is -2.38. The lowest BCUT2D eigenvalue weighted by atomic mass is 9.85. The van der Waals surface area contributed by atoms with Crippen LogP contribution in [0.5, 0.6) is 0 Å². The summed E-state index contributed by atoms with van der Waals surface area (Å²) in [6, 6.07) is 0. The van der Waals surface area contributed by atoms with Crippen LogP contribution < -0.4 is 0 Å². The normalized spacial score (nSPS) is 37.5. The summed E-state index contributed by atoms with van der Waals surface area (Å²) in [5.41, 5.74) is 1.25. The number of hydrogen-bond acceptors (Lipinski definition) is 7. The first-order chi connectivity index (χ1) is 12.2. The van der Waals surface area contributed by atoms with Crippen molar-refractivity contribution in [1.82, 2.24) is 0 Å². The molecular formula is C19H32O7. The average Bonchev–Trinajstić information content (AvgIpc) is 3.38. The molecule has 0 bridgehead atoms. The minimum absolute atomic E-state index is 0.00931. The van der Waals surface area contributed by atoms with Crippen molar-refractivity contribution in [2.75, 3.05) is 13.7 Å². The number of methoxy groups -OCH3 is 1. The van der Waals surface area contributed by atoms with Crippen molar-refractivity contribution in [2.45, 2.75) is 77.2 Å². The molecule has 7 nitrogen and oxygen atoms in total. The number of aliphatic hydroxyl groups is 3. The summed E-state index contributed by atoms with van der Waals surface area (Å²) in [6.45, 7) is 7.46. The zero-order chi connectivity index (χ0) is 19.6. The van der Waals surface area contributed by atoms with Crippen molar-refractivity contribution in [2.24, 2.45) is 11.8 Å². The smallest absolute Gasteiger partial charge is 0.333 e. The molecular weight excluding hydrogens is 340 g/mol. The molecule has 3 N–H and O–H groups in total. The van der Waals surface area contributed by atoms with E-state index in [0.29, 0.717) is 25.0 Å². The molecule has 150 valence electrons. The number of ether oxygens (including phenoxy) is 3. The lowest BCUT2D eigenvalue weighted by molar-refractivity contribution is -0.165. The Labute approximate surface area is 154 Å². The van der Waals surface area contributed by atoms with Crippen molar-refractivity contribution in [3.63, 3.8) is 0 Å². The molecule has 0 aromatic rings. The zero-order valence-electron chi connectivity index (χ0n) is 16.2. The highest BCUT2D eigenvalue weighted by Gasteiger charge is 2.48. The molecule has 0 aromatic heterocycles. The van der Waals surface area contributed by atoms with Gasteiger partial charge in [0.05, 0.1) is 44.2 Å². The summed E-state index contributed by atoms with van der Waals surface area (Å²) in [6.07, 6.45) is -2.03. The molecule has 0 radical (unpaired) electrons.